The number of hydrogen-bond donors (Lipinski definition) is 0. The zero-order valence-electron chi connectivity index (χ0n) is 12.6. The van der Waals surface area contributed by atoms with Gasteiger partial charge in [0.2, 0.25) is 11.8 Å². The molecule has 0 aliphatic carbocycles. The predicted octanol–water partition coefficient (Wildman–Crippen LogP) is 2.87. The predicted molar refractivity (Wildman–Crippen MR) is 86.5 cm³/mol. The Morgan fingerprint density at radius 3 is 2.30 bits per heavy atom. The number of para-hydroxylation sites is 1. The van der Waals surface area contributed by atoms with Gasteiger partial charge in [-0.25, -0.2) is 0 Å². The van der Waals surface area contributed by atoms with Gasteiger partial charge in [-0.15, -0.1) is 0 Å². The highest BCUT2D eigenvalue weighted by Crippen LogP contribution is 2.28. The fourth-order valence-corrected chi connectivity index (χ4v) is 2.87. The number of nitriles is 1. The van der Waals surface area contributed by atoms with Crippen LogP contribution in [0.25, 0.3) is 0 Å². The van der Waals surface area contributed by atoms with Crippen molar-refractivity contribution in [2.45, 2.75) is 19.3 Å². The molecule has 2 aromatic carbocycles. The summed E-state index contributed by atoms with van der Waals surface area (Å²) < 4.78 is 0. The number of hydrogen-bond acceptors (Lipinski definition) is 3. The van der Waals surface area contributed by atoms with Crippen LogP contribution in [-0.2, 0) is 22.4 Å². The van der Waals surface area contributed by atoms with Crippen LogP contribution < -0.4 is 4.90 Å². The molecule has 3 rings (SSSR count). The van der Waals surface area contributed by atoms with E-state index in [4.69, 9.17) is 5.26 Å². The van der Waals surface area contributed by atoms with E-state index in [0.717, 1.165) is 11.1 Å². The van der Waals surface area contributed by atoms with Gasteiger partial charge >= 0.3 is 0 Å². The summed E-state index contributed by atoms with van der Waals surface area (Å²) in [4.78, 5) is 26.0. The maximum absolute atomic E-state index is 12.6. The lowest BCUT2D eigenvalue weighted by atomic mass is 9.97. The lowest BCUT2D eigenvalue weighted by Gasteiger charge is -2.15. The molecule has 0 radical (unpaired) electrons. The number of carbonyl (C=O) groups is 2. The number of imide groups is 1. The molecule has 4 nitrogen and oxygen atoms in total. The van der Waals surface area contributed by atoms with Gasteiger partial charge in [-0.2, -0.15) is 5.26 Å². The SMILES string of the molecule is N#CCc1ccc(CC2CC(=O)N(c3ccccc3)C2=O)cc1. The molecule has 2 aromatic rings. The molecule has 2 amide bonds. The smallest absolute Gasteiger partial charge is 0.237 e. The number of carbonyl (C=O) groups excluding carboxylic acids is 2. The minimum Gasteiger partial charge on any atom is -0.274 e. The molecule has 0 bridgehead atoms. The summed E-state index contributed by atoms with van der Waals surface area (Å²) in [5.41, 5.74) is 2.60. The summed E-state index contributed by atoms with van der Waals surface area (Å²) in [6, 6.07) is 18.8. The second kappa shape index (κ2) is 6.45. The van der Waals surface area contributed by atoms with E-state index in [1.165, 1.54) is 4.90 Å². The monoisotopic (exact) mass is 304 g/mol. The standard InChI is InChI=1S/C19H16N2O2/c20-11-10-14-6-8-15(9-7-14)12-16-13-18(22)21(19(16)23)17-4-2-1-3-5-17/h1-9,16H,10,12-13H2. The maximum Gasteiger partial charge on any atom is 0.237 e. The second-order valence-electron chi connectivity index (χ2n) is 5.66. The highest BCUT2D eigenvalue weighted by molar-refractivity contribution is 6.20. The van der Waals surface area contributed by atoms with Crippen molar-refractivity contribution in [1.29, 1.82) is 5.26 Å². The first kappa shape index (κ1) is 15.0. The van der Waals surface area contributed by atoms with Crippen LogP contribution in [0.3, 0.4) is 0 Å². The maximum atomic E-state index is 12.6. The number of rotatable bonds is 4. The van der Waals surface area contributed by atoms with Crippen molar-refractivity contribution in [2.75, 3.05) is 4.90 Å². The van der Waals surface area contributed by atoms with Crippen LogP contribution in [-0.4, -0.2) is 11.8 Å². The van der Waals surface area contributed by atoms with Gasteiger partial charge in [0.1, 0.15) is 0 Å². The fraction of sp³-hybridized carbons (Fsp3) is 0.211. The van der Waals surface area contributed by atoms with Crippen LogP contribution in [0.2, 0.25) is 0 Å². The highest BCUT2D eigenvalue weighted by Gasteiger charge is 2.39. The second-order valence-corrected chi connectivity index (χ2v) is 5.66. The van der Waals surface area contributed by atoms with Gasteiger partial charge in [-0.1, -0.05) is 42.5 Å². The Morgan fingerprint density at radius 1 is 1.00 bits per heavy atom. The third-order valence-electron chi connectivity index (χ3n) is 4.04. The molecule has 0 spiro atoms. The van der Waals surface area contributed by atoms with Crippen molar-refractivity contribution in [3.8, 4) is 6.07 Å². The Kier molecular flexibility index (Phi) is 4.20. The number of anilines is 1. The third kappa shape index (κ3) is 3.14. The van der Waals surface area contributed by atoms with Crippen LogP contribution in [0.1, 0.15) is 17.5 Å². The molecule has 0 saturated carbocycles. The minimum absolute atomic E-state index is 0.137. The molecule has 1 saturated heterocycles. The van der Waals surface area contributed by atoms with Gasteiger partial charge in [0.05, 0.1) is 24.1 Å². The lowest BCUT2D eigenvalue weighted by molar-refractivity contribution is -0.122. The van der Waals surface area contributed by atoms with Crippen molar-refractivity contribution in [2.24, 2.45) is 5.92 Å². The third-order valence-corrected chi connectivity index (χ3v) is 4.04. The summed E-state index contributed by atoms with van der Waals surface area (Å²) in [6.07, 6.45) is 1.16. The van der Waals surface area contributed by atoms with Gasteiger partial charge in [0.15, 0.2) is 0 Å². The zero-order chi connectivity index (χ0) is 16.2. The Balaban J connectivity index is 1.74. The van der Waals surface area contributed by atoms with Crippen LogP contribution in [0.5, 0.6) is 0 Å². The van der Waals surface area contributed by atoms with Crippen LogP contribution in [0, 0.1) is 17.2 Å². The molecular formula is C19H16N2O2. The Hall–Kier alpha value is -2.93. The molecule has 1 aliphatic rings. The van der Waals surface area contributed by atoms with Crippen molar-refractivity contribution in [3.05, 3.63) is 65.7 Å². The zero-order valence-corrected chi connectivity index (χ0v) is 12.6. The Labute approximate surface area is 135 Å². The summed E-state index contributed by atoms with van der Waals surface area (Å²) in [6.45, 7) is 0. The number of amides is 2. The molecular weight excluding hydrogens is 288 g/mol. The van der Waals surface area contributed by atoms with E-state index < -0.39 is 0 Å². The Morgan fingerprint density at radius 2 is 1.65 bits per heavy atom. The molecule has 0 aromatic heterocycles. The van der Waals surface area contributed by atoms with Gasteiger partial charge in [-0.05, 0) is 29.7 Å². The van der Waals surface area contributed by atoms with Crippen LogP contribution >= 0.6 is 0 Å². The molecule has 1 fully saturated rings. The average molecular weight is 304 g/mol. The van der Waals surface area contributed by atoms with Crippen molar-refractivity contribution >= 4 is 17.5 Å². The quantitative estimate of drug-likeness (QED) is 0.816. The molecule has 1 atom stereocenters. The largest absolute Gasteiger partial charge is 0.274 e. The Bertz CT molecular complexity index is 760. The van der Waals surface area contributed by atoms with Crippen molar-refractivity contribution in [1.82, 2.24) is 0 Å². The summed E-state index contributed by atoms with van der Waals surface area (Å²) >= 11 is 0. The molecule has 1 aliphatic heterocycles. The minimum atomic E-state index is -0.315. The number of benzene rings is 2. The van der Waals surface area contributed by atoms with Crippen molar-refractivity contribution in [3.63, 3.8) is 0 Å². The van der Waals surface area contributed by atoms with E-state index in [1.807, 2.05) is 42.5 Å². The summed E-state index contributed by atoms with van der Waals surface area (Å²) in [5, 5.41) is 8.68. The molecule has 0 N–H and O–H groups in total. The topological polar surface area (TPSA) is 61.2 Å². The van der Waals surface area contributed by atoms with Gasteiger partial charge in [0, 0.05) is 6.42 Å². The molecule has 4 heteroatoms. The number of nitrogens with zero attached hydrogens (tertiary/aromatic N) is 2. The van der Waals surface area contributed by atoms with Gasteiger partial charge < -0.3 is 0 Å². The molecule has 114 valence electrons. The molecule has 23 heavy (non-hydrogen) atoms. The van der Waals surface area contributed by atoms with Crippen LogP contribution in [0.4, 0.5) is 5.69 Å². The first-order valence-corrected chi connectivity index (χ1v) is 7.55. The first-order chi connectivity index (χ1) is 11.2. The summed E-state index contributed by atoms with van der Waals surface area (Å²) in [5.74, 6) is -0.598. The van der Waals surface area contributed by atoms with E-state index in [2.05, 4.69) is 6.07 Å². The summed E-state index contributed by atoms with van der Waals surface area (Å²) in [7, 11) is 0. The van der Waals surface area contributed by atoms with Gasteiger partial charge in [0.25, 0.3) is 0 Å². The van der Waals surface area contributed by atoms with E-state index in [0.29, 0.717) is 18.5 Å². The normalized spacial score (nSPS) is 17.3. The molecule has 1 unspecified atom stereocenters. The molecule has 1 heterocycles. The van der Waals surface area contributed by atoms with E-state index in [-0.39, 0.29) is 24.2 Å². The van der Waals surface area contributed by atoms with E-state index in [1.54, 1.807) is 12.1 Å². The van der Waals surface area contributed by atoms with Crippen LogP contribution in [0.15, 0.2) is 54.6 Å². The highest BCUT2D eigenvalue weighted by atomic mass is 16.2. The first-order valence-electron chi connectivity index (χ1n) is 7.55. The van der Waals surface area contributed by atoms with Crippen molar-refractivity contribution < 1.29 is 9.59 Å². The van der Waals surface area contributed by atoms with E-state index in [9.17, 15) is 9.59 Å². The fourth-order valence-electron chi connectivity index (χ4n) is 2.87. The van der Waals surface area contributed by atoms with E-state index >= 15 is 0 Å². The van der Waals surface area contributed by atoms with Gasteiger partial charge in [-0.3, -0.25) is 14.5 Å². The lowest BCUT2D eigenvalue weighted by Crippen LogP contribution is -2.30. The average Bonchev–Trinajstić information content (AvgIpc) is 2.84.